The van der Waals surface area contributed by atoms with Gasteiger partial charge in [-0.3, -0.25) is 4.79 Å². The molecule has 0 aromatic heterocycles. The molecule has 21 heavy (non-hydrogen) atoms. The van der Waals surface area contributed by atoms with E-state index in [1.165, 1.54) is 0 Å². The van der Waals surface area contributed by atoms with Gasteiger partial charge < -0.3 is 15.7 Å². The molecule has 2 amide bonds. The van der Waals surface area contributed by atoms with Crippen LogP contribution < -0.4 is 10.6 Å². The molecule has 0 aliphatic heterocycles. The van der Waals surface area contributed by atoms with Gasteiger partial charge in [-0.25, -0.2) is 4.79 Å². The van der Waals surface area contributed by atoms with Crippen LogP contribution in [0.4, 0.5) is 10.5 Å². The molecule has 5 nitrogen and oxygen atoms in total. The molecule has 3 N–H and O–H groups in total. The molecule has 0 fully saturated rings. The van der Waals surface area contributed by atoms with E-state index in [1.54, 1.807) is 0 Å². The Kier molecular flexibility index (Phi) is 6.21. The molecule has 1 rings (SSSR count). The van der Waals surface area contributed by atoms with Crippen LogP contribution in [0.15, 0.2) is 24.3 Å². The number of amides is 2. The number of carboxylic acid groups (broad SMARTS) is 1. The van der Waals surface area contributed by atoms with Gasteiger partial charge in [0.1, 0.15) is 0 Å². The van der Waals surface area contributed by atoms with Gasteiger partial charge in [0.15, 0.2) is 0 Å². The second-order valence-corrected chi connectivity index (χ2v) is 5.80. The molecule has 1 aromatic carbocycles. The topological polar surface area (TPSA) is 78.4 Å². The molecule has 1 unspecified atom stereocenters. The lowest BCUT2D eigenvalue weighted by Crippen LogP contribution is -2.37. The van der Waals surface area contributed by atoms with Gasteiger partial charge in [0.05, 0.1) is 5.92 Å². The van der Waals surface area contributed by atoms with E-state index >= 15 is 0 Å². The van der Waals surface area contributed by atoms with Crippen molar-refractivity contribution in [1.29, 1.82) is 0 Å². The summed E-state index contributed by atoms with van der Waals surface area (Å²) >= 11 is 0. The third-order valence-corrected chi connectivity index (χ3v) is 3.42. The van der Waals surface area contributed by atoms with Gasteiger partial charge in [-0.05, 0) is 29.5 Å². The first-order valence-electron chi connectivity index (χ1n) is 7.19. The zero-order chi connectivity index (χ0) is 16.0. The van der Waals surface area contributed by atoms with Gasteiger partial charge in [0.2, 0.25) is 0 Å². The standard InChI is InChI=1S/C16H24N2O3/c1-10(2)12-6-5-7-13(8-12)18-16(21)17-9-14(11(3)4)15(19)20/h5-8,10-11,14H,9H2,1-4H3,(H,19,20)(H2,17,18,21). The number of aliphatic carboxylic acids is 1. The van der Waals surface area contributed by atoms with Crippen molar-refractivity contribution in [2.75, 3.05) is 11.9 Å². The second kappa shape index (κ2) is 7.67. The number of carbonyl (C=O) groups excluding carboxylic acids is 1. The second-order valence-electron chi connectivity index (χ2n) is 5.80. The monoisotopic (exact) mass is 292 g/mol. The number of carbonyl (C=O) groups is 2. The maximum Gasteiger partial charge on any atom is 0.319 e. The van der Waals surface area contributed by atoms with Crippen LogP contribution in [0.3, 0.4) is 0 Å². The molecule has 0 aliphatic rings. The third kappa shape index (κ3) is 5.45. The summed E-state index contributed by atoms with van der Waals surface area (Å²) in [6.45, 7) is 7.93. The minimum absolute atomic E-state index is 0.0351. The number of carboxylic acids is 1. The van der Waals surface area contributed by atoms with Crippen LogP contribution in [-0.2, 0) is 4.79 Å². The molecule has 0 heterocycles. The molecule has 116 valence electrons. The predicted octanol–water partition coefficient (Wildman–Crippen LogP) is 3.29. The Bertz CT molecular complexity index is 498. The summed E-state index contributed by atoms with van der Waals surface area (Å²) in [5.41, 5.74) is 1.84. The summed E-state index contributed by atoms with van der Waals surface area (Å²) in [5, 5.41) is 14.4. The highest BCUT2D eigenvalue weighted by molar-refractivity contribution is 5.89. The van der Waals surface area contributed by atoms with Gasteiger partial charge in [0, 0.05) is 12.2 Å². The van der Waals surface area contributed by atoms with Gasteiger partial charge >= 0.3 is 12.0 Å². The SMILES string of the molecule is CC(C)c1cccc(NC(=O)NCC(C(=O)O)C(C)C)c1. The number of urea groups is 1. The maximum atomic E-state index is 11.8. The van der Waals surface area contributed by atoms with Crippen molar-refractivity contribution in [3.63, 3.8) is 0 Å². The highest BCUT2D eigenvalue weighted by atomic mass is 16.4. The van der Waals surface area contributed by atoms with Crippen molar-refractivity contribution in [2.45, 2.75) is 33.6 Å². The van der Waals surface area contributed by atoms with Crippen molar-refractivity contribution in [1.82, 2.24) is 5.32 Å². The van der Waals surface area contributed by atoms with E-state index in [4.69, 9.17) is 5.11 Å². The van der Waals surface area contributed by atoms with E-state index in [-0.39, 0.29) is 18.5 Å². The molecular weight excluding hydrogens is 268 g/mol. The van der Waals surface area contributed by atoms with Crippen molar-refractivity contribution < 1.29 is 14.7 Å². The summed E-state index contributed by atoms with van der Waals surface area (Å²) in [4.78, 5) is 22.9. The number of rotatable bonds is 6. The van der Waals surface area contributed by atoms with E-state index in [9.17, 15) is 9.59 Å². The normalized spacial score (nSPS) is 12.3. The first-order chi connectivity index (χ1) is 9.81. The average molecular weight is 292 g/mol. The van der Waals surface area contributed by atoms with Crippen LogP contribution in [-0.4, -0.2) is 23.7 Å². The van der Waals surface area contributed by atoms with Crippen LogP contribution in [0.25, 0.3) is 0 Å². The maximum absolute atomic E-state index is 11.8. The Hall–Kier alpha value is -2.04. The van der Waals surface area contributed by atoms with Gasteiger partial charge in [-0.15, -0.1) is 0 Å². The summed E-state index contributed by atoms with van der Waals surface area (Å²) in [7, 11) is 0. The molecule has 0 saturated carbocycles. The molecule has 0 saturated heterocycles. The van der Waals surface area contributed by atoms with Crippen LogP contribution in [0.2, 0.25) is 0 Å². The van der Waals surface area contributed by atoms with E-state index in [1.807, 2.05) is 38.1 Å². The summed E-state index contributed by atoms with van der Waals surface area (Å²) in [6.07, 6.45) is 0. The Morgan fingerprint density at radius 3 is 2.38 bits per heavy atom. The highest BCUT2D eigenvalue weighted by Crippen LogP contribution is 2.18. The largest absolute Gasteiger partial charge is 0.481 e. The molecule has 1 aromatic rings. The Morgan fingerprint density at radius 2 is 1.86 bits per heavy atom. The number of hydrogen-bond acceptors (Lipinski definition) is 2. The van der Waals surface area contributed by atoms with E-state index in [0.717, 1.165) is 5.56 Å². The Balaban J connectivity index is 2.58. The van der Waals surface area contributed by atoms with E-state index in [0.29, 0.717) is 11.6 Å². The van der Waals surface area contributed by atoms with Gasteiger partial charge in [-0.1, -0.05) is 39.8 Å². The molecule has 5 heteroatoms. The predicted molar refractivity (Wildman–Crippen MR) is 83.5 cm³/mol. The van der Waals surface area contributed by atoms with Gasteiger partial charge in [0.25, 0.3) is 0 Å². The number of hydrogen-bond donors (Lipinski definition) is 3. The Morgan fingerprint density at radius 1 is 1.19 bits per heavy atom. The number of benzene rings is 1. The molecule has 0 spiro atoms. The zero-order valence-electron chi connectivity index (χ0n) is 13.0. The van der Waals surface area contributed by atoms with Crippen molar-refractivity contribution >= 4 is 17.7 Å². The minimum Gasteiger partial charge on any atom is -0.481 e. The lowest BCUT2D eigenvalue weighted by Gasteiger charge is -2.17. The highest BCUT2D eigenvalue weighted by Gasteiger charge is 2.21. The quantitative estimate of drug-likeness (QED) is 0.752. The smallest absolute Gasteiger partial charge is 0.319 e. The Labute approximate surface area is 125 Å². The van der Waals surface area contributed by atoms with Crippen molar-refractivity contribution in [3.05, 3.63) is 29.8 Å². The van der Waals surface area contributed by atoms with Crippen molar-refractivity contribution in [3.8, 4) is 0 Å². The number of anilines is 1. The summed E-state index contributed by atoms with van der Waals surface area (Å²) < 4.78 is 0. The fourth-order valence-corrected chi connectivity index (χ4v) is 1.96. The zero-order valence-corrected chi connectivity index (χ0v) is 13.0. The third-order valence-electron chi connectivity index (χ3n) is 3.42. The fourth-order valence-electron chi connectivity index (χ4n) is 1.96. The molecule has 0 bridgehead atoms. The van der Waals surface area contributed by atoms with Gasteiger partial charge in [-0.2, -0.15) is 0 Å². The van der Waals surface area contributed by atoms with E-state index < -0.39 is 11.9 Å². The molecule has 1 atom stereocenters. The molecular formula is C16H24N2O3. The molecule has 0 aliphatic carbocycles. The first-order valence-corrected chi connectivity index (χ1v) is 7.19. The molecule has 0 radical (unpaired) electrons. The first kappa shape index (κ1) is 17.0. The minimum atomic E-state index is -0.896. The average Bonchev–Trinajstić information content (AvgIpc) is 2.38. The van der Waals surface area contributed by atoms with Crippen LogP contribution >= 0.6 is 0 Å². The fraction of sp³-hybridized carbons (Fsp3) is 0.500. The van der Waals surface area contributed by atoms with Crippen LogP contribution in [0.5, 0.6) is 0 Å². The van der Waals surface area contributed by atoms with Crippen molar-refractivity contribution in [2.24, 2.45) is 11.8 Å². The van der Waals surface area contributed by atoms with E-state index in [2.05, 4.69) is 24.5 Å². The van der Waals surface area contributed by atoms with Crippen LogP contribution in [0.1, 0.15) is 39.2 Å². The lowest BCUT2D eigenvalue weighted by atomic mass is 9.96. The number of nitrogens with one attached hydrogen (secondary N) is 2. The van der Waals surface area contributed by atoms with Crippen LogP contribution in [0, 0.1) is 11.8 Å². The lowest BCUT2D eigenvalue weighted by molar-refractivity contribution is -0.142. The summed E-state index contributed by atoms with van der Waals surface area (Å²) in [5.74, 6) is -1.14. The summed E-state index contributed by atoms with van der Waals surface area (Å²) in [6, 6.07) is 7.23.